The summed E-state index contributed by atoms with van der Waals surface area (Å²) in [5, 5.41) is 6.06. The molecule has 3 aromatic rings. The maximum absolute atomic E-state index is 13.1. The number of hydrogen-bond donors (Lipinski definition) is 2. The SMILES string of the molecule is C[C@]1(c2ccc(Cl)cc2)NC(=O)N(CC(=O)Nc2ccccc2SCc2ccccc2)C1=O. The highest BCUT2D eigenvalue weighted by Crippen LogP contribution is 2.31. The summed E-state index contributed by atoms with van der Waals surface area (Å²) in [5.74, 6) is -0.191. The number of hydrogen-bond acceptors (Lipinski definition) is 4. The first-order chi connectivity index (χ1) is 15.9. The van der Waals surface area contributed by atoms with E-state index in [-0.39, 0.29) is 6.54 Å². The largest absolute Gasteiger partial charge is 0.325 e. The number of nitrogens with one attached hydrogen (secondary N) is 2. The topological polar surface area (TPSA) is 78.5 Å². The zero-order valence-electron chi connectivity index (χ0n) is 17.9. The van der Waals surface area contributed by atoms with Crippen molar-refractivity contribution in [1.29, 1.82) is 0 Å². The normalized spacial score (nSPS) is 17.7. The molecule has 168 valence electrons. The summed E-state index contributed by atoms with van der Waals surface area (Å²) in [4.78, 5) is 40.2. The average molecular weight is 480 g/mol. The second kappa shape index (κ2) is 9.68. The molecule has 4 rings (SSSR count). The van der Waals surface area contributed by atoms with E-state index in [9.17, 15) is 14.4 Å². The van der Waals surface area contributed by atoms with Crippen LogP contribution < -0.4 is 10.6 Å². The van der Waals surface area contributed by atoms with Gasteiger partial charge >= 0.3 is 6.03 Å². The van der Waals surface area contributed by atoms with Crippen LogP contribution >= 0.6 is 23.4 Å². The van der Waals surface area contributed by atoms with E-state index in [2.05, 4.69) is 10.6 Å². The first-order valence-electron chi connectivity index (χ1n) is 10.3. The number of para-hydroxylation sites is 1. The van der Waals surface area contributed by atoms with Crippen molar-refractivity contribution in [2.24, 2.45) is 0 Å². The molecule has 0 aliphatic carbocycles. The van der Waals surface area contributed by atoms with Crippen LogP contribution in [0.15, 0.2) is 83.8 Å². The van der Waals surface area contributed by atoms with Crippen LogP contribution in [0.3, 0.4) is 0 Å². The van der Waals surface area contributed by atoms with Crippen LogP contribution in [-0.4, -0.2) is 29.3 Å². The van der Waals surface area contributed by atoms with Crippen LogP contribution in [0.5, 0.6) is 0 Å². The smallest absolute Gasteiger partial charge is 0.324 e. The first-order valence-corrected chi connectivity index (χ1v) is 11.7. The number of rotatable bonds is 7. The van der Waals surface area contributed by atoms with Crippen molar-refractivity contribution < 1.29 is 14.4 Å². The van der Waals surface area contributed by atoms with Gasteiger partial charge in [-0.15, -0.1) is 11.8 Å². The van der Waals surface area contributed by atoms with Gasteiger partial charge in [0.1, 0.15) is 12.1 Å². The van der Waals surface area contributed by atoms with Gasteiger partial charge in [-0.2, -0.15) is 0 Å². The molecule has 1 saturated heterocycles. The van der Waals surface area contributed by atoms with E-state index in [0.717, 1.165) is 15.5 Å². The fourth-order valence-corrected chi connectivity index (χ4v) is 4.67. The van der Waals surface area contributed by atoms with Crippen molar-refractivity contribution in [2.75, 3.05) is 11.9 Å². The van der Waals surface area contributed by atoms with Crippen molar-refractivity contribution in [1.82, 2.24) is 10.2 Å². The Labute approximate surface area is 201 Å². The summed E-state index contributed by atoms with van der Waals surface area (Å²) in [6.45, 7) is 1.23. The number of thioether (sulfide) groups is 1. The Bertz CT molecular complexity index is 1190. The van der Waals surface area contributed by atoms with E-state index in [1.165, 1.54) is 5.56 Å². The highest BCUT2D eigenvalue weighted by molar-refractivity contribution is 7.98. The monoisotopic (exact) mass is 479 g/mol. The summed E-state index contributed by atoms with van der Waals surface area (Å²) < 4.78 is 0. The van der Waals surface area contributed by atoms with Gasteiger partial charge in [0.2, 0.25) is 5.91 Å². The predicted molar refractivity (Wildman–Crippen MR) is 130 cm³/mol. The summed E-state index contributed by atoms with van der Waals surface area (Å²) >= 11 is 7.53. The molecule has 1 aliphatic rings. The highest BCUT2D eigenvalue weighted by atomic mass is 35.5. The summed E-state index contributed by atoms with van der Waals surface area (Å²) in [5.41, 5.74) is 1.14. The number of carbonyl (C=O) groups excluding carboxylic acids is 3. The van der Waals surface area contributed by atoms with Crippen molar-refractivity contribution in [3.63, 3.8) is 0 Å². The fourth-order valence-electron chi connectivity index (χ4n) is 3.58. The van der Waals surface area contributed by atoms with E-state index in [0.29, 0.717) is 16.3 Å². The lowest BCUT2D eigenvalue weighted by atomic mass is 9.92. The van der Waals surface area contributed by atoms with E-state index >= 15 is 0 Å². The first kappa shape index (κ1) is 22.9. The molecular weight excluding hydrogens is 458 g/mol. The predicted octanol–water partition coefficient (Wildman–Crippen LogP) is 5.04. The molecule has 0 spiro atoms. The number of benzene rings is 3. The van der Waals surface area contributed by atoms with Crippen LogP contribution in [0.2, 0.25) is 5.02 Å². The minimum absolute atomic E-state index is 0.383. The summed E-state index contributed by atoms with van der Waals surface area (Å²) in [6.07, 6.45) is 0. The molecule has 0 saturated carbocycles. The molecule has 1 fully saturated rings. The van der Waals surface area contributed by atoms with Gasteiger partial charge in [0, 0.05) is 15.7 Å². The number of carbonyl (C=O) groups is 3. The maximum Gasteiger partial charge on any atom is 0.325 e. The van der Waals surface area contributed by atoms with Crippen LogP contribution in [0.4, 0.5) is 10.5 Å². The van der Waals surface area contributed by atoms with E-state index < -0.39 is 23.4 Å². The third-order valence-corrected chi connectivity index (χ3v) is 6.79. The van der Waals surface area contributed by atoms with Gasteiger partial charge < -0.3 is 10.6 Å². The minimum Gasteiger partial charge on any atom is -0.324 e. The molecule has 0 unspecified atom stereocenters. The van der Waals surface area contributed by atoms with Crippen molar-refractivity contribution in [3.05, 3.63) is 95.0 Å². The van der Waals surface area contributed by atoms with Crippen molar-refractivity contribution in [2.45, 2.75) is 23.1 Å². The fraction of sp³-hybridized carbons (Fsp3) is 0.160. The molecule has 3 aromatic carbocycles. The molecule has 8 heteroatoms. The molecule has 1 atom stereocenters. The van der Waals surface area contributed by atoms with Gasteiger partial charge in [0.05, 0.1) is 5.69 Å². The van der Waals surface area contributed by atoms with Crippen molar-refractivity contribution in [3.8, 4) is 0 Å². The summed E-state index contributed by atoms with van der Waals surface area (Å²) in [7, 11) is 0. The Hall–Kier alpha value is -3.29. The standard InChI is InChI=1S/C25H22ClN3O3S/c1-25(18-11-13-19(26)14-12-18)23(31)29(24(32)28-25)15-22(30)27-20-9-5-6-10-21(20)33-16-17-7-3-2-4-8-17/h2-14H,15-16H2,1H3,(H,27,30)(H,28,32)/t25-/m1/s1. The molecule has 6 nitrogen and oxygen atoms in total. The molecule has 2 N–H and O–H groups in total. The average Bonchev–Trinajstić information content (AvgIpc) is 3.03. The third kappa shape index (κ3) is 5.05. The maximum atomic E-state index is 13.1. The molecule has 0 bridgehead atoms. The number of urea groups is 1. The Morgan fingerprint density at radius 3 is 2.39 bits per heavy atom. The second-order valence-electron chi connectivity index (χ2n) is 7.77. The number of anilines is 1. The molecule has 1 heterocycles. The molecule has 0 aromatic heterocycles. The Kier molecular flexibility index (Phi) is 6.72. The zero-order valence-corrected chi connectivity index (χ0v) is 19.5. The van der Waals surface area contributed by atoms with Crippen LogP contribution in [0.25, 0.3) is 0 Å². The van der Waals surface area contributed by atoms with Gasteiger partial charge in [-0.3, -0.25) is 14.5 Å². The van der Waals surface area contributed by atoms with Gasteiger partial charge in [-0.05, 0) is 42.3 Å². The number of nitrogens with zero attached hydrogens (tertiary/aromatic N) is 1. The van der Waals surface area contributed by atoms with E-state index in [1.54, 1.807) is 49.0 Å². The van der Waals surface area contributed by atoms with Crippen LogP contribution in [0.1, 0.15) is 18.1 Å². The summed E-state index contributed by atoms with van der Waals surface area (Å²) in [6, 6.07) is 23.5. The number of amides is 4. The minimum atomic E-state index is -1.26. The van der Waals surface area contributed by atoms with E-state index in [1.807, 2.05) is 48.5 Å². The molecular formula is C25H22ClN3O3S. The third-order valence-electron chi connectivity index (χ3n) is 5.40. The van der Waals surface area contributed by atoms with Gasteiger partial charge in [0.25, 0.3) is 5.91 Å². The highest BCUT2D eigenvalue weighted by Gasteiger charge is 2.49. The van der Waals surface area contributed by atoms with Gasteiger partial charge in [0.15, 0.2) is 0 Å². The lowest BCUT2D eigenvalue weighted by Gasteiger charge is -2.22. The molecule has 4 amide bonds. The lowest BCUT2D eigenvalue weighted by molar-refractivity contribution is -0.133. The second-order valence-corrected chi connectivity index (χ2v) is 9.23. The van der Waals surface area contributed by atoms with Crippen LogP contribution in [-0.2, 0) is 20.9 Å². The van der Waals surface area contributed by atoms with Crippen LogP contribution in [0, 0.1) is 0 Å². The molecule has 0 radical (unpaired) electrons. The zero-order chi connectivity index (χ0) is 23.4. The quantitative estimate of drug-likeness (QED) is 0.367. The Balaban J connectivity index is 1.43. The Morgan fingerprint density at radius 2 is 1.67 bits per heavy atom. The Morgan fingerprint density at radius 1 is 1.00 bits per heavy atom. The molecule has 33 heavy (non-hydrogen) atoms. The van der Waals surface area contributed by atoms with Gasteiger partial charge in [-0.25, -0.2) is 4.79 Å². The number of halogens is 1. The number of imide groups is 1. The molecule has 1 aliphatic heterocycles. The van der Waals surface area contributed by atoms with E-state index in [4.69, 9.17) is 11.6 Å². The van der Waals surface area contributed by atoms with Gasteiger partial charge in [-0.1, -0.05) is 66.2 Å². The van der Waals surface area contributed by atoms with Crippen molar-refractivity contribution >= 4 is 46.9 Å². The lowest BCUT2D eigenvalue weighted by Crippen LogP contribution is -2.42.